The second-order valence-electron chi connectivity index (χ2n) is 9.75. The summed E-state index contributed by atoms with van der Waals surface area (Å²) in [7, 11) is 0. The Morgan fingerprint density at radius 3 is 2.13 bits per heavy atom. The Kier molecular flexibility index (Phi) is 5.68. The van der Waals surface area contributed by atoms with E-state index in [0.717, 1.165) is 50.1 Å². The zero-order valence-electron chi connectivity index (χ0n) is 21.5. The van der Waals surface area contributed by atoms with E-state index in [1.54, 1.807) is 0 Å². The highest BCUT2D eigenvalue weighted by molar-refractivity contribution is 6.13. The van der Waals surface area contributed by atoms with Gasteiger partial charge < -0.3 is 0 Å². The third kappa shape index (κ3) is 4.14. The first kappa shape index (κ1) is 23.0. The number of aromatic nitrogens is 3. The van der Waals surface area contributed by atoms with Crippen LogP contribution in [-0.2, 0) is 0 Å². The normalized spacial score (nSPS) is 11.2. The van der Waals surface area contributed by atoms with Crippen molar-refractivity contribution in [2.24, 2.45) is 0 Å². The molecule has 0 unspecified atom stereocenters. The standard InChI is InChI=1S/C36H25N3/c1-24-29(27-11-7-12-28(21-27)34-14-5-6-18-37-34)17-20-39-36(24)33-23-35-31(13-8-19-38-35)30-16-15-26(22-32(30)33)25-9-3-2-4-10-25/h2-23H,1H3. The number of nitrogens with zero attached hydrogens (tertiary/aromatic N) is 3. The van der Waals surface area contributed by atoms with Gasteiger partial charge in [0.15, 0.2) is 0 Å². The summed E-state index contributed by atoms with van der Waals surface area (Å²) in [6.07, 6.45) is 5.61. The van der Waals surface area contributed by atoms with E-state index in [9.17, 15) is 0 Å². The zero-order chi connectivity index (χ0) is 26.2. The fraction of sp³-hybridized carbons (Fsp3) is 0.0278. The van der Waals surface area contributed by atoms with Crippen molar-refractivity contribution in [2.75, 3.05) is 0 Å². The molecule has 0 amide bonds. The quantitative estimate of drug-likeness (QED) is 0.227. The maximum Gasteiger partial charge on any atom is 0.0744 e. The van der Waals surface area contributed by atoms with Crippen LogP contribution in [0.2, 0.25) is 0 Å². The molecule has 0 aliphatic carbocycles. The predicted molar refractivity (Wildman–Crippen MR) is 161 cm³/mol. The first-order valence-electron chi connectivity index (χ1n) is 13.1. The van der Waals surface area contributed by atoms with E-state index in [1.807, 2.05) is 42.9 Å². The van der Waals surface area contributed by atoms with Gasteiger partial charge in [-0.05, 0) is 88.0 Å². The fourth-order valence-electron chi connectivity index (χ4n) is 5.48. The van der Waals surface area contributed by atoms with Gasteiger partial charge in [-0.2, -0.15) is 0 Å². The highest BCUT2D eigenvalue weighted by Crippen LogP contribution is 2.39. The topological polar surface area (TPSA) is 38.7 Å². The van der Waals surface area contributed by atoms with E-state index in [2.05, 4.69) is 103 Å². The summed E-state index contributed by atoms with van der Waals surface area (Å²) in [4.78, 5) is 14.2. The molecular weight excluding hydrogens is 474 g/mol. The molecule has 3 heterocycles. The highest BCUT2D eigenvalue weighted by atomic mass is 14.7. The third-order valence-corrected chi connectivity index (χ3v) is 7.42. The maximum atomic E-state index is 4.93. The van der Waals surface area contributed by atoms with Gasteiger partial charge in [-0.15, -0.1) is 0 Å². The van der Waals surface area contributed by atoms with E-state index < -0.39 is 0 Å². The van der Waals surface area contributed by atoms with Gasteiger partial charge >= 0.3 is 0 Å². The molecule has 0 bridgehead atoms. The fourth-order valence-corrected chi connectivity index (χ4v) is 5.48. The van der Waals surface area contributed by atoms with Crippen molar-refractivity contribution >= 4 is 21.7 Å². The van der Waals surface area contributed by atoms with Crippen LogP contribution in [0.25, 0.3) is 66.4 Å². The summed E-state index contributed by atoms with van der Waals surface area (Å²) in [5.41, 5.74) is 10.9. The van der Waals surface area contributed by atoms with Gasteiger partial charge in [0.1, 0.15) is 0 Å². The molecule has 0 spiro atoms. The number of hydrogen-bond acceptors (Lipinski definition) is 3. The highest BCUT2D eigenvalue weighted by Gasteiger charge is 2.16. The summed E-state index contributed by atoms with van der Waals surface area (Å²) in [6, 6.07) is 40.3. The third-order valence-electron chi connectivity index (χ3n) is 7.42. The lowest BCUT2D eigenvalue weighted by Crippen LogP contribution is -1.95. The zero-order valence-corrected chi connectivity index (χ0v) is 21.5. The van der Waals surface area contributed by atoms with Crippen molar-refractivity contribution in [3.63, 3.8) is 0 Å². The van der Waals surface area contributed by atoms with Crippen LogP contribution in [0.5, 0.6) is 0 Å². The number of rotatable bonds is 4. The molecule has 3 heteroatoms. The van der Waals surface area contributed by atoms with Gasteiger partial charge in [0.2, 0.25) is 0 Å². The molecule has 184 valence electrons. The SMILES string of the molecule is Cc1c(-c2cccc(-c3ccccn3)c2)ccnc1-c1cc2ncccc2c2ccc(-c3ccccc3)cc12. The van der Waals surface area contributed by atoms with Gasteiger partial charge in [-0.1, -0.05) is 72.8 Å². The van der Waals surface area contributed by atoms with Crippen LogP contribution in [-0.4, -0.2) is 15.0 Å². The van der Waals surface area contributed by atoms with Crippen molar-refractivity contribution in [1.82, 2.24) is 15.0 Å². The second kappa shape index (κ2) is 9.62. The molecule has 7 rings (SSSR count). The van der Waals surface area contributed by atoms with Gasteiger partial charge in [-0.3, -0.25) is 15.0 Å². The summed E-state index contributed by atoms with van der Waals surface area (Å²) in [5.74, 6) is 0. The van der Waals surface area contributed by atoms with Gasteiger partial charge in [0, 0.05) is 35.1 Å². The molecule has 0 aliphatic rings. The van der Waals surface area contributed by atoms with E-state index in [1.165, 1.54) is 21.9 Å². The number of hydrogen-bond donors (Lipinski definition) is 0. The lowest BCUT2D eigenvalue weighted by Gasteiger charge is -2.16. The summed E-state index contributed by atoms with van der Waals surface area (Å²) < 4.78 is 0. The molecule has 0 atom stereocenters. The Bertz CT molecular complexity index is 1960. The minimum Gasteiger partial charge on any atom is -0.256 e. The van der Waals surface area contributed by atoms with Crippen LogP contribution in [0.4, 0.5) is 0 Å². The first-order chi connectivity index (χ1) is 19.3. The molecule has 0 saturated heterocycles. The Labute approximate surface area is 227 Å². The van der Waals surface area contributed by atoms with Crippen molar-refractivity contribution in [1.29, 1.82) is 0 Å². The molecule has 0 aliphatic heterocycles. The number of fused-ring (bicyclic) bond motifs is 3. The monoisotopic (exact) mass is 499 g/mol. The van der Waals surface area contributed by atoms with Gasteiger partial charge in [0.25, 0.3) is 0 Å². The first-order valence-corrected chi connectivity index (χ1v) is 13.1. The molecular formula is C36H25N3. The maximum absolute atomic E-state index is 4.93. The predicted octanol–water partition coefficient (Wildman–Crippen LogP) is 9.15. The average Bonchev–Trinajstić information content (AvgIpc) is 3.01. The van der Waals surface area contributed by atoms with Crippen LogP contribution in [0, 0.1) is 6.92 Å². The molecule has 3 aromatic heterocycles. The molecule has 7 aromatic rings. The Morgan fingerprint density at radius 2 is 1.26 bits per heavy atom. The number of pyridine rings is 3. The molecule has 0 radical (unpaired) electrons. The van der Waals surface area contributed by atoms with Crippen molar-refractivity contribution in [3.8, 4) is 44.8 Å². The lowest BCUT2D eigenvalue weighted by molar-refractivity contribution is 1.27. The van der Waals surface area contributed by atoms with Crippen molar-refractivity contribution < 1.29 is 0 Å². The minimum absolute atomic E-state index is 0.964. The van der Waals surface area contributed by atoms with Crippen LogP contribution in [0.1, 0.15) is 5.56 Å². The molecule has 0 saturated carbocycles. The summed E-state index contributed by atoms with van der Waals surface area (Å²) in [5, 5.41) is 3.50. The van der Waals surface area contributed by atoms with Crippen LogP contribution >= 0.6 is 0 Å². The van der Waals surface area contributed by atoms with Crippen LogP contribution in [0.3, 0.4) is 0 Å². The summed E-state index contributed by atoms with van der Waals surface area (Å²) >= 11 is 0. The molecule has 0 fully saturated rings. The van der Waals surface area contributed by atoms with Crippen LogP contribution in [0.15, 0.2) is 134 Å². The number of benzene rings is 4. The van der Waals surface area contributed by atoms with Gasteiger partial charge in [0.05, 0.1) is 16.9 Å². The lowest BCUT2D eigenvalue weighted by atomic mass is 9.90. The largest absolute Gasteiger partial charge is 0.256 e. The Morgan fingerprint density at radius 1 is 0.436 bits per heavy atom. The Hall–Kier alpha value is -5.15. The average molecular weight is 500 g/mol. The van der Waals surface area contributed by atoms with Crippen molar-refractivity contribution in [2.45, 2.75) is 6.92 Å². The van der Waals surface area contributed by atoms with Crippen molar-refractivity contribution in [3.05, 3.63) is 139 Å². The Balaban J connectivity index is 1.45. The molecule has 3 nitrogen and oxygen atoms in total. The van der Waals surface area contributed by atoms with Crippen LogP contribution < -0.4 is 0 Å². The van der Waals surface area contributed by atoms with E-state index >= 15 is 0 Å². The van der Waals surface area contributed by atoms with E-state index in [4.69, 9.17) is 9.97 Å². The van der Waals surface area contributed by atoms with E-state index in [0.29, 0.717) is 0 Å². The molecule has 0 N–H and O–H groups in total. The smallest absolute Gasteiger partial charge is 0.0744 e. The molecule has 39 heavy (non-hydrogen) atoms. The van der Waals surface area contributed by atoms with E-state index in [-0.39, 0.29) is 0 Å². The minimum atomic E-state index is 0.964. The molecule has 4 aromatic carbocycles. The van der Waals surface area contributed by atoms with Gasteiger partial charge in [-0.25, -0.2) is 0 Å². The second-order valence-corrected chi connectivity index (χ2v) is 9.75. The summed E-state index contributed by atoms with van der Waals surface area (Å²) in [6.45, 7) is 2.17.